The van der Waals surface area contributed by atoms with Crippen LogP contribution in [-0.2, 0) is 4.74 Å². The number of ether oxygens (including phenoxy) is 2. The number of nitrogens with one attached hydrogen (secondary N) is 1. The SMILES string of the molecule is CCCN(CCC)c1cc(N/N=C2\CCC(C)c3ccccc32)nc(OCCN2CCOCC2)n1. The molecule has 8 heteroatoms. The fraction of sp³-hybridized carbons (Fsp3) is 0.593. The van der Waals surface area contributed by atoms with Crippen LogP contribution in [-0.4, -0.2) is 73.1 Å². The highest BCUT2D eigenvalue weighted by Crippen LogP contribution is 2.31. The maximum absolute atomic E-state index is 6.04. The van der Waals surface area contributed by atoms with Gasteiger partial charge in [-0.05, 0) is 37.2 Å². The third kappa shape index (κ3) is 6.92. The standard InChI is InChI=1S/C27H40N6O2/c1-4-12-33(13-5-2)26-20-25(28-27(29-26)35-19-16-32-14-17-34-18-15-32)31-30-24-11-10-21(3)22-8-6-7-9-23(22)24/h6-9,20-21H,4-5,10-19H2,1-3H3,(H,28,29,31)/b30-24+. The predicted molar refractivity (Wildman–Crippen MR) is 142 cm³/mol. The van der Waals surface area contributed by atoms with Gasteiger partial charge in [0.25, 0.3) is 0 Å². The highest BCUT2D eigenvalue weighted by atomic mass is 16.5. The van der Waals surface area contributed by atoms with Gasteiger partial charge in [0.15, 0.2) is 5.82 Å². The van der Waals surface area contributed by atoms with Gasteiger partial charge in [-0.1, -0.05) is 45.0 Å². The molecule has 4 rings (SSSR count). The predicted octanol–water partition coefficient (Wildman–Crippen LogP) is 4.53. The van der Waals surface area contributed by atoms with Crippen molar-refractivity contribution in [1.29, 1.82) is 0 Å². The molecule has 1 atom stereocenters. The summed E-state index contributed by atoms with van der Waals surface area (Å²) >= 11 is 0. The van der Waals surface area contributed by atoms with Crippen molar-refractivity contribution in [2.75, 3.05) is 62.9 Å². The number of rotatable bonds is 11. The van der Waals surface area contributed by atoms with Crippen molar-refractivity contribution < 1.29 is 9.47 Å². The zero-order valence-electron chi connectivity index (χ0n) is 21.5. The first kappa shape index (κ1) is 25.4. The van der Waals surface area contributed by atoms with Gasteiger partial charge in [-0.2, -0.15) is 15.1 Å². The van der Waals surface area contributed by atoms with Crippen LogP contribution in [0.25, 0.3) is 0 Å². The van der Waals surface area contributed by atoms with Gasteiger partial charge in [0.2, 0.25) is 0 Å². The Morgan fingerprint density at radius 1 is 1.14 bits per heavy atom. The summed E-state index contributed by atoms with van der Waals surface area (Å²) in [6.45, 7) is 13.4. The Balaban J connectivity index is 1.53. The molecular weight excluding hydrogens is 440 g/mol. The van der Waals surface area contributed by atoms with Gasteiger partial charge in [0.1, 0.15) is 12.4 Å². The Bertz CT molecular complexity index is 970. The van der Waals surface area contributed by atoms with E-state index in [9.17, 15) is 0 Å². The molecule has 0 spiro atoms. The lowest BCUT2D eigenvalue weighted by molar-refractivity contribution is 0.0317. The van der Waals surface area contributed by atoms with E-state index < -0.39 is 0 Å². The molecule has 1 fully saturated rings. The third-order valence-electron chi connectivity index (χ3n) is 6.67. The summed E-state index contributed by atoms with van der Waals surface area (Å²) in [5.74, 6) is 2.10. The smallest absolute Gasteiger partial charge is 0.320 e. The van der Waals surface area contributed by atoms with Crippen molar-refractivity contribution in [3.63, 3.8) is 0 Å². The second-order valence-corrected chi connectivity index (χ2v) is 9.38. The van der Waals surface area contributed by atoms with Gasteiger partial charge in [0, 0.05) is 44.4 Å². The van der Waals surface area contributed by atoms with E-state index >= 15 is 0 Å². The summed E-state index contributed by atoms with van der Waals surface area (Å²) in [5, 5.41) is 4.80. The van der Waals surface area contributed by atoms with Crippen LogP contribution >= 0.6 is 0 Å². The maximum atomic E-state index is 6.04. The number of benzene rings is 1. The first-order valence-electron chi connectivity index (χ1n) is 13.2. The average molecular weight is 481 g/mol. The molecule has 0 bridgehead atoms. The lowest BCUT2D eigenvalue weighted by Crippen LogP contribution is -2.38. The summed E-state index contributed by atoms with van der Waals surface area (Å²) in [4.78, 5) is 14.1. The van der Waals surface area contributed by atoms with E-state index in [0.29, 0.717) is 24.4 Å². The van der Waals surface area contributed by atoms with Crippen LogP contribution in [0.5, 0.6) is 6.01 Å². The van der Waals surface area contributed by atoms with Gasteiger partial charge >= 0.3 is 6.01 Å². The quantitative estimate of drug-likeness (QED) is 0.474. The lowest BCUT2D eigenvalue weighted by atomic mass is 9.83. The highest BCUT2D eigenvalue weighted by Gasteiger charge is 2.21. The maximum Gasteiger partial charge on any atom is 0.320 e. The van der Waals surface area contributed by atoms with Crippen LogP contribution in [0.1, 0.15) is 63.5 Å². The monoisotopic (exact) mass is 480 g/mol. The number of hydrogen-bond acceptors (Lipinski definition) is 8. The van der Waals surface area contributed by atoms with Crippen LogP contribution < -0.4 is 15.1 Å². The topological polar surface area (TPSA) is 75.1 Å². The molecule has 0 radical (unpaired) electrons. The molecule has 1 aliphatic heterocycles. The molecule has 190 valence electrons. The van der Waals surface area contributed by atoms with Crippen molar-refractivity contribution in [2.45, 2.75) is 52.4 Å². The summed E-state index contributed by atoms with van der Waals surface area (Å²) < 4.78 is 11.5. The minimum absolute atomic E-state index is 0.397. The van der Waals surface area contributed by atoms with Crippen molar-refractivity contribution in [1.82, 2.24) is 14.9 Å². The van der Waals surface area contributed by atoms with E-state index in [1.54, 1.807) is 0 Å². The first-order valence-corrected chi connectivity index (χ1v) is 13.2. The molecule has 0 amide bonds. The number of fused-ring (bicyclic) bond motifs is 1. The number of hydrazone groups is 1. The number of hydrogen-bond donors (Lipinski definition) is 1. The third-order valence-corrected chi connectivity index (χ3v) is 6.67. The Kier molecular flexibility index (Phi) is 9.31. The number of aromatic nitrogens is 2. The fourth-order valence-electron chi connectivity index (χ4n) is 4.74. The van der Waals surface area contributed by atoms with Crippen molar-refractivity contribution in [3.8, 4) is 6.01 Å². The Hall–Kier alpha value is -2.71. The number of morpholine rings is 1. The van der Waals surface area contributed by atoms with Crippen molar-refractivity contribution >= 4 is 17.3 Å². The van der Waals surface area contributed by atoms with Gasteiger partial charge < -0.3 is 14.4 Å². The molecule has 35 heavy (non-hydrogen) atoms. The Labute approximate surface area is 209 Å². The summed E-state index contributed by atoms with van der Waals surface area (Å²) in [6.07, 6.45) is 4.15. The number of anilines is 2. The molecule has 1 aromatic carbocycles. The van der Waals surface area contributed by atoms with Gasteiger partial charge in [-0.3, -0.25) is 10.3 Å². The largest absolute Gasteiger partial charge is 0.462 e. The molecule has 1 saturated heterocycles. The zero-order chi connectivity index (χ0) is 24.5. The minimum atomic E-state index is 0.397. The van der Waals surface area contributed by atoms with Crippen molar-refractivity contribution in [2.24, 2.45) is 5.10 Å². The first-order chi connectivity index (χ1) is 17.2. The van der Waals surface area contributed by atoms with Crippen LogP contribution in [0.2, 0.25) is 0 Å². The molecular formula is C27H40N6O2. The van der Waals surface area contributed by atoms with E-state index in [-0.39, 0.29) is 0 Å². The van der Waals surface area contributed by atoms with E-state index in [1.165, 1.54) is 11.1 Å². The van der Waals surface area contributed by atoms with E-state index in [2.05, 4.69) is 65.2 Å². The minimum Gasteiger partial charge on any atom is -0.462 e. The van der Waals surface area contributed by atoms with Crippen LogP contribution in [0.3, 0.4) is 0 Å². The normalized spacial score (nSPS) is 19.4. The van der Waals surface area contributed by atoms with Crippen molar-refractivity contribution in [3.05, 3.63) is 41.5 Å². The van der Waals surface area contributed by atoms with E-state index in [1.807, 2.05) is 6.07 Å². The van der Waals surface area contributed by atoms with E-state index in [4.69, 9.17) is 19.6 Å². The molecule has 2 aromatic rings. The molecule has 8 nitrogen and oxygen atoms in total. The fourth-order valence-corrected chi connectivity index (χ4v) is 4.74. The van der Waals surface area contributed by atoms with Crippen LogP contribution in [0, 0.1) is 0 Å². The average Bonchev–Trinajstić information content (AvgIpc) is 2.89. The van der Waals surface area contributed by atoms with Crippen LogP contribution in [0.4, 0.5) is 11.6 Å². The van der Waals surface area contributed by atoms with Crippen LogP contribution in [0.15, 0.2) is 35.4 Å². The lowest BCUT2D eigenvalue weighted by Gasteiger charge is -2.26. The summed E-state index contributed by atoms with van der Waals surface area (Å²) in [7, 11) is 0. The Morgan fingerprint density at radius 2 is 1.91 bits per heavy atom. The zero-order valence-corrected chi connectivity index (χ0v) is 21.5. The Morgan fingerprint density at radius 3 is 2.69 bits per heavy atom. The molecule has 1 aliphatic carbocycles. The summed E-state index contributed by atoms with van der Waals surface area (Å²) in [5.41, 5.74) is 6.91. The second-order valence-electron chi connectivity index (χ2n) is 9.38. The molecule has 1 unspecified atom stereocenters. The molecule has 1 N–H and O–H groups in total. The molecule has 2 heterocycles. The number of nitrogens with zero attached hydrogens (tertiary/aromatic N) is 5. The molecule has 2 aliphatic rings. The molecule has 1 aromatic heterocycles. The molecule has 0 saturated carbocycles. The van der Waals surface area contributed by atoms with E-state index in [0.717, 1.165) is 83.2 Å². The van der Waals surface area contributed by atoms with Gasteiger partial charge in [0.05, 0.1) is 18.9 Å². The highest BCUT2D eigenvalue weighted by molar-refractivity contribution is 6.03. The van der Waals surface area contributed by atoms with Gasteiger partial charge in [-0.25, -0.2) is 0 Å². The van der Waals surface area contributed by atoms with Gasteiger partial charge in [-0.15, -0.1) is 0 Å². The second kappa shape index (κ2) is 12.8. The summed E-state index contributed by atoms with van der Waals surface area (Å²) in [6, 6.07) is 11.0.